The molecule has 4 heteroatoms. The molecule has 4 rings (SSSR count). The second-order valence-electron chi connectivity index (χ2n) is 5.50. The van der Waals surface area contributed by atoms with Crippen molar-refractivity contribution in [3.63, 3.8) is 0 Å². The van der Waals surface area contributed by atoms with Crippen molar-refractivity contribution >= 4 is 27.8 Å². The van der Waals surface area contributed by atoms with Crippen LogP contribution in [0.5, 0.6) is 0 Å². The average Bonchev–Trinajstić information content (AvgIpc) is 3.11. The maximum Gasteiger partial charge on any atom is 0.270 e. The van der Waals surface area contributed by atoms with Crippen LogP contribution >= 0.6 is 11.3 Å². The van der Waals surface area contributed by atoms with E-state index in [1.807, 2.05) is 24.3 Å². The van der Waals surface area contributed by atoms with Crippen molar-refractivity contribution in [2.45, 2.75) is 0 Å². The van der Waals surface area contributed by atoms with Crippen molar-refractivity contribution in [2.24, 2.45) is 0 Å². The number of nitro groups is 1. The molecule has 3 aromatic carbocycles. The largest absolute Gasteiger partial charge is 0.270 e. The topological polar surface area (TPSA) is 43.1 Å². The monoisotopic (exact) mass is 331 g/mol. The lowest BCUT2D eigenvalue weighted by Gasteiger charge is -2.04. The Labute approximate surface area is 143 Å². The molecular formula is C20H13NO2S. The molecule has 0 amide bonds. The molecule has 1 aromatic heterocycles. The van der Waals surface area contributed by atoms with Crippen LogP contribution in [0.2, 0.25) is 0 Å². The van der Waals surface area contributed by atoms with Crippen LogP contribution in [0.25, 0.3) is 31.7 Å². The fourth-order valence-corrected chi connectivity index (χ4v) is 3.89. The van der Waals surface area contributed by atoms with Crippen molar-refractivity contribution in [1.29, 1.82) is 0 Å². The molecule has 0 saturated heterocycles. The standard InChI is InChI=1S/C20H13NO2S/c22-21(23)16-8-3-7-15(13-16)19-11-12-20(24-19)18-10-4-6-14-5-1-2-9-17(14)18/h1-13H. The highest BCUT2D eigenvalue weighted by Gasteiger charge is 2.11. The minimum atomic E-state index is -0.358. The van der Waals surface area contributed by atoms with Gasteiger partial charge in [-0.05, 0) is 34.0 Å². The molecule has 3 nitrogen and oxygen atoms in total. The Morgan fingerprint density at radius 3 is 2.42 bits per heavy atom. The maximum atomic E-state index is 11.0. The normalized spacial score (nSPS) is 10.8. The molecule has 0 radical (unpaired) electrons. The molecule has 0 aliphatic carbocycles. The third-order valence-electron chi connectivity index (χ3n) is 4.00. The lowest BCUT2D eigenvalue weighted by Crippen LogP contribution is -1.87. The third-order valence-corrected chi connectivity index (χ3v) is 5.17. The Bertz CT molecular complexity index is 1050. The first kappa shape index (κ1) is 14.6. The number of fused-ring (bicyclic) bond motifs is 1. The predicted octanol–water partition coefficient (Wildman–Crippen LogP) is 6.14. The first-order valence-corrected chi connectivity index (χ1v) is 8.37. The van der Waals surface area contributed by atoms with Crippen LogP contribution in [-0.2, 0) is 0 Å². The van der Waals surface area contributed by atoms with Gasteiger partial charge in [0.1, 0.15) is 0 Å². The van der Waals surface area contributed by atoms with Crippen LogP contribution in [0.3, 0.4) is 0 Å². The second-order valence-corrected chi connectivity index (χ2v) is 6.58. The van der Waals surface area contributed by atoms with E-state index >= 15 is 0 Å². The van der Waals surface area contributed by atoms with Gasteiger partial charge in [0.05, 0.1) is 4.92 Å². The molecule has 0 saturated carbocycles. The molecule has 0 aliphatic rings. The first-order valence-electron chi connectivity index (χ1n) is 7.55. The van der Waals surface area contributed by atoms with E-state index in [4.69, 9.17) is 0 Å². The van der Waals surface area contributed by atoms with Gasteiger partial charge in [-0.25, -0.2) is 0 Å². The minimum absolute atomic E-state index is 0.118. The molecule has 1 heterocycles. The van der Waals surface area contributed by atoms with Crippen molar-refractivity contribution in [2.75, 3.05) is 0 Å². The fraction of sp³-hybridized carbons (Fsp3) is 0. The summed E-state index contributed by atoms with van der Waals surface area (Å²) in [6, 6.07) is 25.5. The lowest BCUT2D eigenvalue weighted by atomic mass is 10.0. The van der Waals surface area contributed by atoms with Crippen LogP contribution in [0.4, 0.5) is 5.69 Å². The van der Waals surface area contributed by atoms with E-state index < -0.39 is 0 Å². The number of hydrogen-bond acceptors (Lipinski definition) is 3. The van der Waals surface area contributed by atoms with Crippen LogP contribution in [0.15, 0.2) is 78.9 Å². The quantitative estimate of drug-likeness (QED) is 0.334. The molecule has 116 valence electrons. The van der Waals surface area contributed by atoms with Gasteiger partial charge in [0.25, 0.3) is 5.69 Å². The van der Waals surface area contributed by atoms with E-state index in [2.05, 4.69) is 36.4 Å². The molecule has 4 aromatic rings. The Balaban J connectivity index is 1.80. The van der Waals surface area contributed by atoms with Gasteiger partial charge in [-0.2, -0.15) is 0 Å². The Kier molecular flexibility index (Phi) is 3.59. The molecule has 0 fully saturated rings. The molecular weight excluding hydrogens is 318 g/mol. The molecule has 0 N–H and O–H groups in total. The van der Waals surface area contributed by atoms with Crippen molar-refractivity contribution in [3.8, 4) is 20.9 Å². The highest BCUT2D eigenvalue weighted by atomic mass is 32.1. The van der Waals surface area contributed by atoms with Gasteiger partial charge in [-0.1, -0.05) is 54.6 Å². The number of hydrogen-bond donors (Lipinski definition) is 0. The molecule has 24 heavy (non-hydrogen) atoms. The number of rotatable bonds is 3. The summed E-state index contributed by atoms with van der Waals surface area (Å²) in [4.78, 5) is 12.8. The Hall–Kier alpha value is -2.98. The van der Waals surface area contributed by atoms with Crippen molar-refractivity contribution in [3.05, 3.63) is 89.0 Å². The van der Waals surface area contributed by atoms with Gasteiger partial charge in [0, 0.05) is 21.9 Å². The summed E-state index contributed by atoms with van der Waals surface area (Å²) in [5, 5.41) is 13.4. The van der Waals surface area contributed by atoms with Crippen molar-refractivity contribution < 1.29 is 4.92 Å². The fourth-order valence-electron chi connectivity index (χ4n) is 2.85. The van der Waals surface area contributed by atoms with Crippen molar-refractivity contribution in [1.82, 2.24) is 0 Å². The predicted molar refractivity (Wildman–Crippen MR) is 99.4 cm³/mol. The van der Waals surface area contributed by atoms with Crippen LogP contribution in [-0.4, -0.2) is 4.92 Å². The second kappa shape index (κ2) is 5.91. The summed E-state index contributed by atoms with van der Waals surface area (Å²) in [7, 11) is 0. The number of benzene rings is 3. The summed E-state index contributed by atoms with van der Waals surface area (Å²) >= 11 is 1.65. The zero-order valence-electron chi connectivity index (χ0n) is 12.7. The number of thiophene rings is 1. The zero-order valence-corrected chi connectivity index (χ0v) is 13.5. The Morgan fingerprint density at radius 2 is 1.54 bits per heavy atom. The molecule has 0 unspecified atom stereocenters. The SMILES string of the molecule is O=[N+]([O-])c1cccc(-c2ccc(-c3cccc4ccccc34)s2)c1. The molecule has 0 bridgehead atoms. The van der Waals surface area contributed by atoms with Gasteiger partial charge < -0.3 is 0 Å². The molecule has 0 spiro atoms. The number of nitrogens with zero attached hydrogens (tertiary/aromatic N) is 1. The van der Waals surface area contributed by atoms with Crippen LogP contribution < -0.4 is 0 Å². The van der Waals surface area contributed by atoms with Crippen LogP contribution in [0.1, 0.15) is 0 Å². The molecule has 0 aliphatic heterocycles. The third kappa shape index (κ3) is 2.57. The van der Waals surface area contributed by atoms with Gasteiger partial charge in [0.2, 0.25) is 0 Å². The summed E-state index contributed by atoms with van der Waals surface area (Å²) < 4.78 is 0. The number of nitro benzene ring substituents is 1. The van der Waals surface area contributed by atoms with E-state index in [0.717, 1.165) is 15.3 Å². The lowest BCUT2D eigenvalue weighted by molar-refractivity contribution is -0.384. The summed E-state index contributed by atoms with van der Waals surface area (Å²) in [6.07, 6.45) is 0. The van der Waals surface area contributed by atoms with E-state index in [0.29, 0.717) is 0 Å². The van der Waals surface area contributed by atoms with E-state index in [9.17, 15) is 10.1 Å². The smallest absolute Gasteiger partial charge is 0.258 e. The average molecular weight is 331 g/mol. The number of non-ortho nitro benzene ring substituents is 1. The van der Waals surface area contributed by atoms with Crippen LogP contribution in [0, 0.1) is 10.1 Å². The van der Waals surface area contributed by atoms with Gasteiger partial charge >= 0.3 is 0 Å². The van der Waals surface area contributed by atoms with E-state index in [1.54, 1.807) is 23.5 Å². The summed E-state index contributed by atoms with van der Waals surface area (Å²) in [5.74, 6) is 0. The van der Waals surface area contributed by atoms with E-state index in [1.165, 1.54) is 22.4 Å². The summed E-state index contributed by atoms with van der Waals surface area (Å²) in [6.45, 7) is 0. The summed E-state index contributed by atoms with van der Waals surface area (Å²) in [5.41, 5.74) is 2.18. The highest BCUT2D eigenvalue weighted by Crippen LogP contribution is 2.38. The molecule has 0 atom stereocenters. The van der Waals surface area contributed by atoms with Gasteiger partial charge in [-0.3, -0.25) is 10.1 Å². The Morgan fingerprint density at radius 1 is 0.792 bits per heavy atom. The van der Waals surface area contributed by atoms with Gasteiger partial charge in [-0.15, -0.1) is 11.3 Å². The minimum Gasteiger partial charge on any atom is -0.258 e. The maximum absolute atomic E-state index is 11.0. The van der Waals surface area contributed by atoms with Gasteiger partial charge in [0.15, 0.2) is 0 Å². The highest BCUT2D eigenvalue weighted by molar-refractivity contribution is 7.18. The first-order chi connectivity index (χ1) is 11.7. The zero-order chi connectivity index (χ0) is 16.5. The van der Waals surface area contributed by atoms with E-state index in [-0.39, 0.29) is 10.6 Å².